The minimum atomic E-state index is -4.48. The highest BCUT2D eigenvalue weighted by atomic mass is 19.4. The number of carbonyl (C=O) groups is 1. The van der Waals surface area contributed by atoms with Crippen molar-refractivity contribution in [3.8, 4) is 17.0 Å². The molecule has 0 saturated heterocycles. The Morgan fingerprint density at radius 1 is 1.14 bits per heavy atom. The van der Waals surface area contributed by atoms with Crippen molar-refractivity contribution < 1.29 is 27.8 Å². The van der Waals surface area contributed by atoms with Gasteiger partial charge in [0.05, 0.1) is 11.3 Å². The van der Waals surface area contributed by atoms with E-state index in [1.165, 1.54) is 12.1 Å². The number of aromatic nitrogens is 2. The highest BCUT2D eigenvalue weighted by Crippen LogP contribution is 2.31. The number of hydrogen-bond donors (Lipinski definition) is 3. The predicted molar refractivity (Wildman–Crippen MR) is 99.3 cm³/mol. The lowest BCUT2D eigenvalue weighted by molar-refractivity contribution is -0.137. The first-order valence-corrected chi connectivity index (χ1v) is 8.70. The van der Waals surface area contributed by atoms with Crippen LogP contribution in [0.15, 0.2) is 60.7 Å². The van der Waals surface area contributed by atoms with E-state index in [0.29, 0.717) is 5.69 Å². The van der Waals surface area contributed by atoms with E-state index in [4.69, 9.17) is 4.74 Å². The summed E-state index contributed by atoms with van der Waals surface area (Å²) in [4.78, 5) is 12.2. The number of nitrogens with one attached hydrogen (secondary N) is 2. The number of amides is 1. The SMILES string of the molecule is O=C(NCC(O)COc1cccc(C(F)(F)F)c1)c1cc(-c2ccccc2)n[nH]1. The van der Waals surface area contributed by atoms with Crippen LogP contribution >= 0.6 is 0 Å². The molecule has 152 valence electrons. The second kappa shape index (κ2) is 8.78. The molecule has 0 bridgehead atoms. The lowest BCUT2D eigenvalue weighted by atomic mass is 10.1. The molecule has 3 N–H and O–H groups in total. The second-order valence-electron chi connectivity index (χ2n) is 6.23. The van der Waals surface area contributed by atoms with Crippen LogP contribution in [0.25, 0.3) is 11.3 Å². The molecule has 0 aliphatic rings. The van der Waals surface area contributed by atoms with E-state index in [2.05, 4.69) is 15.5 Å². The van der Waals surface area contributed by atoms with Crippen LogP contribution in [0.1, 0.15) is 16.1 Å². The number of ether oxygens (including phenoxy) is 1. The lowest BCUT2D eigenvalue weighted by Crippen LogP contribution is -2.35. The minimum Gasteiger partial charge on any atom is -0.491 e. The van der Waals surface area contributed by atoms with Crippen molar-refractivity contribution >= 4 is 5.91 Å². The maximum absolute atomic E-state index is 12.7. The van der Waals surface area contributed by atoms with E-state index in [1.807, 2.05) is 30.3 Å². The van der Waals surface area contributed by atoms with Gasteiger partial charge in [0.25, 0.3) is 5.91 Å². The molecule has 1 atom stereocenters. The number of halogens is 3. The number of aliphatic hydroxyl groups is 1. The summed E-state index contributed by atoms with van der Waals surface area (Å²) in [7, 11) is 0. The molecule has 2 aromatic carbocycles. The number of carbonyl (C=O) groups excluding carboxylic acids is 1. The Balaban J connectivity index is 1.49. The zero-order valence-electron chi connectivity index (χ0n) is 15.1. The third-order valence-corrected chi connectivity index (χ3v) is 3.99. The van der Waals surface area contributed by atoms with Crippen LogP contribution in [0.5, 0.6) is 5.75 Å². The van der Waals surface area contributed by atoms with Crippen molar-refractivity contribution in [2.45, 2.75) is 12.3 Å². The maximum atomic E-state index is 12.7. The van der Waals surface area contributed by atoms with Gasteiger partial charge in [-0.25, -0.2) is 0 Å². The predicted octanol–water partition coefficient (Wildman–Crippen LogP) is 3.27. The smallest absolute Gasteiger partial charge is 0.416 e. The van der Waals surface area contributed by atoms with Crippen LogP contribution in [-0.2, 0) is 6.18 Å². The van der Waals surface area contributed by atoms with E-state index in [9.17, 15) is 23.1 Å². The minimum absolute atomic E-state index is 0.0220. The summed E-state index contributed by atoms with van der Waals surface area (Å²) in [6.45, 7) is -0.419. The van der Waals surface area contributed by atoms with E-state index < -0.39 is 23.8 Å². The largest absolute Gasteiger partial charge is 0.491 e. The molecule has 0 radical (unpaired) electrons. The average Bonchev–Trinajstić information content (AvgIpc) is 3.21. The van der Waals surface area contributed by atoms with Gasteiger partial charge in [0.15, 0.2) is 0 Å². The first-order chi connectivity index (χ1) is 13.8. The Morgan fingerprint density at radius 3 is 2.62 bits per heavy atom. The molecule has 0 saturated carbocycles. The molecule has 0 fully saturated rings. The summed E-state index contributed by atoms with van der Waals surface area (Å²) >= 11 is 0. The standard InChI is InChI=1S/C20H18F3N3O3/c21-20(22,23)14-7-4-8-16(9-14)29-12-15(27)11-24-19(28)18-10-17(25-26-18)13-5-2-1-3-6-13/h1-10,15,27H,11-12H2,(H,24,28)(H,25,26). The zero-order chi connectivity index (χ0) is 20.9. The molecule has 6 nitrogen and oxygen atoms in total. The molecule has 1 amide bonds. The first-order valence-electron chi connectivity index (χ1n) is 8.70. The first kappa shape index (κ1) is 20.4. The second-order valence-corrected chi connectivity index (χ2v) is 6.23. The molecule has 3 aromatic rings. The summed E-state index contributed by atoms with van der Waals surface area (Å²) in [5.41, 5.74) is 0.822. The fourth-order valence-electron chi connectivity index (χ4n) is 2.51. The highest BCUT2D eigenvalue weighted by Gasteiger charge is 2.30. The topological polar surface area (TPSA) is 87.2 Å². The normalized spacial score (nSPS) is 12.4. The van der Waals surface area contributed by atoms with Crippen molar-refractivity contribution in [1.82, 2.24) is 15.5 Å². The fraction of sp³-hybridized carbons (Fsp3) is 0.200. The number of benzene rings is 2. The Kier molecular flexibility index (Phi) is 6.18. The Morgan fingerprint density at radius 2 is 1.90 bits per heavy atom. The van der Waals surface area contributed by atoms with Gasteiger partial charge in [-0.2, -0.15) is 18.3 Å². The van der Waals surface area contributed by atoms with Crippen LogP contribution < -0.4 is 10.1 Å². The van der Waals surface area contributed by atoms with Gasteiger partial charge >= 0.3 is 6.18 Å². The van der Waals surface area contributed by atoms with E-state index in [1.54, 1.807) is 6.07 Å². The fourth-order valence-corrected chi connectivity index (χ4v) is 2.51. The Bertz CT molecular complexity index is 958. The molecule has 1 unspecified atom stereocenters. The summed E-state index contributed by atoms with van der Waals surface area (Å²) in [6.07, 6.45) is -5.58. The van der Waals surface area contributed by atoms with Crippen molar-refractivity contribution in [3.63, 3.8) is 0 Å². The van der Waals surface area contributed by atoms with Crippen molar-refractivity contribution in [2.24, 2.45) is 0 Å². The van der Waals surface area contributed by atoms with Gasteiger partial charge in [-0.05, 0) is 24.3 Å². The lowest BCUT2D eigenvalue weighted by Gasteiger charge is -2.14. The van der Waals surface area contributed by atoms with Gasteiger partial charge in [0, 0.05) is 12.1 Å². The molecular weight excluding hydrogens is 387 g/mol. The van der Waals surface area contributed by atoms with Gasteiger partial charge in [0.1, 0.15) is 24.2 Å². The summed E-state index contributed by atoms with van der Waals surface area (Å²) in [6, 6.07) is 15.2. The van der Waals surface area contributed by atoms with Crippen LogP contribution in [0, 0.1) is 0 Å². The quantitative estimate of drug-likeness (QED) is 0.563. The van der Waals surface area contributed by atoms with Gasteiger partial charge in [-0.1, -0.05) is 36.4 Å². The molecule has 1 aromatic heterocycles. The third-order valence-electron chi connectivity index (χ3n) is 3.99. The average molecular weight is 405 g/mol. The van der Waals surface area contributed by atoms with Crippen molar-refractivity contribution in [2.75, 3.05) is 13.2 Å². The van der Waals surface area contributed by atoms with Crippen molar-refractivity contribution in [1.29, 1.82) is 0 Å². The number of nitrogens with zero attached hydrogens (tertiary/aromatic N) is 1. The molecular formula is C20H18F3N3O3. The number of H-pyrrole nitrogens is 1. The van der Waals surface area contributed by atoms with Crippen molar-refractivity contribution in [3.05, 3.63) is 71.9 Å². The van der Waals surface area contributed by atoms with Gasteiger partial charge in [-0.3, -0.25) is 9.89 Å². The Hall–Kier alpha value is -3.33. The number of aliphatic hydroxyl groups excluding tert-OH is 1. The molecule has 0 aliphatic carbocycles. The summed E-state index contributed by atoms with van der Waals surface area (Å²) < 4.78 is 43.2. The van der Waals surface area contributed by atoms with E-state index in [0.717, 1.165) is 17.7 Å². The summed E-state index contributed by atoms with van der Waals surface area (Å²) in [5.74, 6) is -0.496. The number of rotatable bonds is 7. The van der Waals surface area contributed by atoms with Crippen LogP contribution in [0.3, 0.4) is 0 Å². The van der Waals surface area contributed by atoms with E-state index in [-0.39, 0.29) is 24.6 Å². The van der Waals surface area contributed by atoms with Crippen LogP contribution in [0.4, 0.5) is 13.2 Å². The number of alkyl halides is 3. The molecule has 0 aliphatic heterocycles. The molecule has 3 rings (SSSR count). The maximum Gasteiger partial charge on any atom is 0.416 e. The third kappa shape index (κ3) is 5.58. The highest BCUT2D eigenvalue weighted by molar-refractivity contribution is 5.93. The summed E-state index contributed by atoms with van der Waals surface area (Å²) in [5, 5.41) is 19.1. The van der Waals surface area contributed by atoms with Crippen LogP contribution in [-0.4, -0.2) is 40.5 Å². The van der Waals surface area contributed by atoms with Gasteiger partial charge in [-0.15, -0.1) is 0 Å². The number of hydrogen-bond acceptors (Lipinski definition) is 4. The van der Waals surface area contributed by atoms with Crippen LogP contribution in [0.2, 0.25) is 0 Å². The number of aromatic amines is 1. The van der Waals surface area contributed by atoms with E-state index >= 15 is 0 Å². The zero-order valence-corrected chi connectivity index (χ0v) is 15.1. The molecule has 0 spiro atoms. The molecule has 1 heterocycles. The Labute approximate surface area is 164 Å². The monoisotopic (exact) mass is 405 g/mol. The van der Waals surface area contributed by atoms with Gasteiger partial charge < -0.3 is 15.2 Å². The molecule has 9 heteroatoms. The molecule has 29 heavy (non-hydrogen) atoms. The van der Waals surface area contributed by atoms with Gasteiger partial charge in [0.2, 0.25) is 0 Å².